The van der Waals surface area contributed by atoms with E-state index in [1.54, 1.807) is 12.1 Å². The second kappa shape index (κ2) is 2.57. The summed E-state index contributed by atoms with van der Waals surface area (Å²) < 4.78 is 12.0. The van der Waals surface area contributed by atoms with Crippen LogP contribution in [-0.2, 0) is 0 Å². The fraction of sp³-hybridized carbons (Fsp3) is 0.400. The molecule has 0 saturated heterocycles. The third-order valence-corrected chi connectivity index (χ3v) is 3.36. The minimum atomic E-state index is -0.421. The number of hydrogen-bond acceptors (Lipinski definition) is 3. The van der Waals surface area contributed by atoms with Crippen LogP contribution < -0.4 is 9.47 Å². The standard InChI is InChI=1S/C10H9BrO3/c11-6-4-8-9(5-7(6)12)14-10(13-8)2-1-3-10/h4-5,12H,1-3H2. The fourth-order valence-electron chi connectivity index (χ4n) is 1.78. The zero-order valence-electron chi connectivity index (χ0n) is 7.42. The smallest absolute Gasteiger partial charge is 0.251 e. The molecule has 0 bridgehead atoms. The predicted octanol–water partition coefficient (Wildman–Crippen LogP) is 2.81. The Balaban J connectivity index is 2.02. The lowest BCUT2D eigenvalue weighted by atomic mass is 9.91. The molecule has 0 aromatic heterocycles. The molecular formula is C10H9BrO3. The van der Waals surface area contributed by atoms with Crippen molar-refractivity contribution in [3.8, 4) is 17.2 Å². The monoisotopic (exact) mass is 256 g/mol. The molecule has 0 atom stereocenters. The second-order valence-corrected chi connectivity index (χ2v) is 4.57. The molecule has 1 aliphatic heterocycles. The van der Waals surface area contributed by atoms with Gasteiger partial charge in [-0.2, -0.15) is 0 Å². The van der Waals surface area contributed by atoms with Crippen LogP contribution in [0, 0.1) is 0 Å². The molecule has 1 aromatic rings. The summed E-state index contributed by atoms with van der Waals surface area (Å²) in [4.78, 5) is 0. The van der Waals surface area contributed by atoms with Crippen molar-refractivity contribution in [2.75, 3.05) is 0 Å². The van der Waals surface area contributed by atoms with Gasteiger partial charge in [0.2, 0.25) is 0 Å². The van der Waals surface area contributed by atoms with E-state index in [0.29, 0.717) is 10.2 Å². The average molecular weight is 257 g/mol. The van der Waals surface area contributed by atoms with E-state index < -0.39 is 5.79 Å². The second-order valence-electron chi connectivity index (χ2n) is 3.72. The molecule has 1 N–H and O–H groups in total. The number of phenols is 1. The summed E-state index contributed by atoms with van der Waals surface area (Å²) in [6, 6.07) is 3.34. The molecule has 1 aromatic carbocycles. The largest absolute Gasteiger partial charge is 0.507 e. The van der Waals surface area contributed by atoms with Gasteiger partial charge in [0.05, 0.1) is 4.47 Å². The highest BCUT2D eigenvalue weighted by molar-refractivity contribution is 9.10. The van der Waals surface area contributed by atoms with Crippen molar-refractivity contribution in [2.24, 2.45) is 0 Å². The molecule has 74 valence electrons. The number of benzene rings is 1. The van der Waals surface area contributed by atoms with Crippen LogP contribution in [0.3, 0.4) is 0 Å². The van der Waals surface area contributed by atoms with Gasteiger partial charge in [0.1, 0.15) is 5.75 Å². The van der Waals surface area contributed by atoms with Gasteiger partial charge in [0.25, 0.3) is 5.79 Å². The van der Waals surface area contributed by atoms with Crippen LogP contribution in [0.2, 0.25) is 0 Å². The molecule has 0 amide bonds. The van der Waals surface area contributed by atoms with Crippen LogP contribution in [0.15, 0.2) is 16.6 Å². The first-order valence-electron chi connectivity index (χ1n) is 4.59. The third-order valence-electron chi connectivity index (χ3n) is 2.72. The normalized spacial score (nSPS) is 20.9. The number of phenolic OH excluding ortho intramolecular Hbond substituents is 1. The first kappa shape index (κ1) is 8.41. The number of fused-ring (bicyclic) bond motifs is 1. The van der Waals surface area contributed by atoms with Gasteiger partial charge in [-0.25, -0.2) is 0 Å². The summed E-state index contributed by atoms with van der Waals surface area (Å²) in [6.07, 6.45) is 3.00. The molecule has 3 nitrogen and oxygen atoms in total. The zero-order chi connectivity index (χ0) is 9.76. The van der Waals surface area contributed by atoms with Gasteiger partial charge in [0.15, 0.2) is 11.5 Å². The van der Waals surface area contributed by atoms with Crippen LogP contribution in [0.1, 0.15) is 19.3 Å². The topological polar surface area (TPSA) is 38.7 Å². The molecule has 1 heterocycles. The number of rotatable bonds is 0. The van der Waals surface area contributed by atoms with E-state index in [9.17, 15) is 5.11 Å². The molecule has 1 aliphatic carbocycles. The first-order chi connectivity index (χ1) is 6.69. The molecule has 14 heavy (non-hydrogen) atoms. The van der Waals surface area contributed by atoms with Crippen LogP contribution >= 0.6 is 15.9 Å². The van der Waals surface area contributed by atoms with E-state index in [4.69, 9.17) is 9.47 Å². The minimum absolute atomic E-state index is 0.184. The highest BCUT2D eigenvalue weighted by atomic mass is 79.9. The Labute approximate surface area is 89.8 Å². The van der Waals surface area contributed by atoms with Gasteiger partial charge in [-0.15, -0.1) is 0 Å². The first-order valence-corrected chi connectivity index (χ1v) is 5.38. The van der Waals surface area contributed by atoms with Crippen LogP contribution in [0.5, 0.6) is 17.2 Å². The average Bonchev–Trinajstić information content (AvgIpc) is 2.44. The van der Waals surface area contributed by atoms with Crippen molar-refractivity contribution in [3.05, 3.63) is 16.6 Å². The lowest BCUT2D eigenvalue weighted by Crippen LogP contribution is -2.45. The van der Waals surface area contributed by atoms with Crippen molar-refractivity contribution in [1.82, 2.24) is 0 Å². The van der Waals surface area contributed by atoms with Crippen molar-refractivity contribution in [1.29, 1.82) is 0 Å². The van der Waals surface area contributed by atoms with E-state index in [1.807, 2.05) is 0 Å². The van der Waals surface area contributed by atoms with Crippen molar-refractivity contribution in [2.45, 2.75) is 25.0 Å². The molecule has 1 fully saturated rings. The van der Waals surface area contributed by atoms with Gasteiger partial charge in [-0.1, -0.05) is 0 Å². The Bertz CT molecular complexity index is 366. The zero-order valence-corrected chi connectivity index (χ0v) is 9.00. The summed E-state index contributed by atoms with van der Waals surface area (Å²) in [6.45, 7) is 0. The summed E-state index contributed by atoms with van der Waals surface area (Å²) in [5.41, 5.74) is 0. The van der Waals surface area contributed by atoms with Crippen LogP contribution in [-0.4, -0.2) is 10.9 Å². The van der Waals surface area contributed by atoms with E-state index in [-0.39, 0.29) is 5.75 Å². The Hall–Kier alpha value is -0.900. The van der Waals surface area contributed by atoms with E-state index in [1.165, 1.54) is 0 Å². The number of halogens is 1. The molecule has 1 spiro atoms. The van der Waals surface area contributed by atoms with Gasteiger partial charge < -0.3 is 14.6 Å². The van der Waals surface area contributed by atoms with E-state index in [0.717, 1.165) is 25.0 Å². The van der Waals surface area contributed by atoms with E-state index in [2.05, 4.69) is 15.9 Å². The summed E-state index contributed by atoms with van der Waals surface area (Å²) in [5.74, 6) is 1.12. The quantitative estimate of drug-likeness (QED) is 0.776. The van der Waals surface area contributed by atoms with E-state index >= 15 is 0 Å². The highest BCUT2D eigenvalue weighted by Gasteiger charge is 2.47. The molecule has 0 radical (unpaired) electrons. The lowest BCUT2D eigenvalue weighted by Gasteiger charge is -2.35. The van der Waals surface area contributed by atoms with Gasteiger partial charge in [-0.05, 0) is 22.4 Å². The number of aromatic hydroxyl groups is 1. The molecule has 3 rings (SSSR count). The maximum atomic E-state index is 9.46. The summed E-state index contributed by atoms with van der Waals surface area (Å²) in [5, 5.41) is 9.46. The molecule has 0 unspecified atom stereocenters. The Kier molecular flexibility index (Phi) is 1.54. The Morgan fingerprint density at radius 1 is 1.21 bits per heavy atom. The SMILES string of the molecule is Oc1cc2c(cc1Br)OC1(CCC1)O2. The molecular weight excluding hydrogens is 248 g/mol. The maximum Gasteiger partial charge on any atom is 0.251 e. The lowest BCUT2D eigenvalue weighted by molar-refractivity contribution is -0.138. The summed E-state index contributed by atoms with van der Waals surface area (Å²) in [7, 11) is 0. The Morgan fingerprint density at radius 3 is 2.43 bits per heavy atom. The fourth-order valence-corrected chi connectivity index (χ4v) is 2.10. The predicted molar refractivity (Wildman–Crippen MR) is 53.6 cm³/mol. The highest BCUT2D eigenvalue weighted by Crippen LogP contribution is 2.50. The third kappa shape index (κ3) is 1.03. The number of ether oxygens (including phenoxy) is 2. The number of hydrogen-bond donors (Lipinski definition) is 1. The maximum absolute atomic E-state index is 9.46. The van der Waals surface area contributed by atoms with Crippen LogP contribution in [0.25, 0.3) is 0 Å². The van der Waals surface area contributed by atoms with Gasteiger partial charge >= 0.3 is 0 Å². The summed E-state index contributed by atoms with van der Waals surface area (Å²) >= 11 is 3.24. The minimum Gasteiger partial charge on any atom is -0.507 e. The van der Waals surface area contributed by atoms with Crippen molar-refractivity contribution < 1.29 is 14.6 Å². The van der Waals surface area contributed by atoms with Crippen molar-refractivity contribution in [3.63, 3.8) is 0 Å². The van der Waals surface area contributed by atoms with Gasteiger partial charge in [-0.3, -0.25) is 0 Å². The van der Waals surface area contributed by atoms with Crippen LogP contribution in [0.4, 0.5) is 0 Å². The van der Waals surface area contributed by atoms with Gasteiger partial charge in [0, 0.05) is 25.0 Å². The molecule has 1 saturated carbocycles. The van der Waals surface area contributed by atoms with Crippen molar-refractivity contribution >= 4 is 15.9 Å². The molecule has 4 heteroatoms. The Morgan fingerprint density at radius 2 is 1.86 bits per heavy atom. The molecule has 2 aliphatic rings.